The normalized spacial score (nSPS) is 14.9. The summed E-state index contributed by atoms with van der Waals surface area (Å²) < 4.78 is 5.28. The molecule has 0 aliphatic carbocycles. The van der Waals surface area contributed by atoms with Gasteiger partial charge >= 0.3 is 0 Å². The third-order valence-corrected chi connectivity index (χ3v) is 3.49. The quantitative estimate of drug-likeness (QED) is 0.832. The van der Waals surface area contributed by atoms with E-state index in [1.807, 2.05) is 23.1 Å². The molecule has 6 nitrogen and oxygen atoms in total. The third-order valence-electron chi connectivity index (χ3n) is 3.49. The lowest BCUT2D eigenvalue weighted by molar-refractivity contribution is -0.129. The minimum absolute atomic E-state index is 0.118. The second-order valence-corrected chi connectivity index (χ2v) is 4.64. The number of ether oxygens (including phenoxy) is 1. The molecule has 1 N–H and O–H groups in total. The highest BCUT2D eigenvalue weighted by molar-refractivity contribution is 5.77. The first-order chi connectivity index (χ1) is 9.65. The lowest BCUT2D eigenvalue weighted by atomic mass is 10.2. The number of anilines is 2. The van der Waals surface area contributed by atoms with Crippen molar-refractivity contribution in [3.8, 4) is 5.75 Å². The van der Waals surface area contributed by atoms with E-state index in [0.29, 0.717) is 17.8 Å². The molecule has 0 saturated carbocycles. The third kappa shape index (κ3) is 3.01. The van der Waals surface area contributed by atoms with Crippen molar-refractivity contribution < 1.29 is 14.3 Å². The van der Waals surface area contributed by atoms with Crippen molar-refractivity contribution in [2.75, 3.05) is 43.5 Å². The minimum atomic E-state index is 0.118. The molecule has 0 spiro atoms. The maximum atomic E-state index is 11.3. The largest absolute Gasteiger partial charge is 0.494 e. The predicted molar refractivity (Wildman–Crippen MR) is 77.1 cm³/mol. The fraction of sp³-hybridized carbons (Fsp3) is 0.429. The van der Waals surface area contributed by atoms with Gasteiger partial charge < -0.3 is 19.9 Å². The van der Waals surface area contributed by atoms with Gasteiger partial charge in [0.2, 0.25) is 12.3 Å². The summed E-state index contributed by atoms with van der Waals surface area (Å²) >= 11 is 0. The van der Waals surface area contributed by atoms with Crippen LogP contribution in [0.2, 0.25) is 0 Å². The Morgan fingerprint density at radius 2 is 2.00 bits per heavy atom. The lowest BCUT2D eigenvalue weighted by Gasteiger charge is -2.35. The number of piperazine rings is 1. The number of hydrogen-bond donors (Lipinski definition) is 1. The molecule has 1 aliphatic rings. The van der Waals surface area contributed by atoms with E-state index in [4.69, 9.17) is 4.74 Å². The van der Waals surface area contributed by atoms with Crippen LogP contribution in [-0.2, 0) is 9.59 Å². The van der Waals surface area contributed by atoms with Gasteiger partial charge in [-0.1, -0.05) is 0 Å². The molecular formula is C14H19N3O3. The van der Waals surface area contributed by atoms with Gasteiger partial charge in [-0.05, 0) is 12.1 Å². The maximum Gasteiger partial charge on any atom is 0.219 e. The molecule has 6 heteroatoms. The van der Waals surface area contributed by atoms with E-state index in [1.165, 1.54) is 0 Å². The van der Waals surface area contributed by atoms with Crippen LogP contribution in [0.25, 0.3) is 0 Å². The van der Waals surface area contributed by atoms with Crippen LogP contribution in [0.15, 0.2) is 18.2 Å². The molecule has 1 saturated heterocycles. The molecule has 0 aromatic heterocycles. The van der Waals surface area contributed by atoms with Crippen molar-refractivity contribution in [1.29, 1.82) is 0 Å². The number of nitrogens with one attached hydrogen (secondary N) is 1. The number of amides is 2. The highest BCUT2D eigenvalue weighted by atomic mass is 16.5. The molecule has 1 aliphatic heterocycles. The fourth-order valence-electron chi connectivity index (χ4n) is 2.34. The molecule has 1 heterocycles. The van der Waals surface area contributed by atoms with Gasteiger partial charge in [-0.25, -0.2) is 0 Å². The Kier molecular flexibility index (Phi) is 4.45. The molecular weight excluding hydrogens is 258 g/mol. The van der Waals surface area contributed by atoms with Crippen LogP contribution in [0, 0.1) is 0 Å². The van der Waals surface area contributed by atoms with Crippen molar-refractivity contribution in [1.82, 2.24) is 4.90 Å². The summed E-state index contributed by atoms with van der Waals surface area (Å²) in [5.74, 6) is 0.747. The second kappa shape index (κ2) is 6.27. The van der Waals surface area contributed by atoms with E-state index in [-0.39, 0.29) is 5.91 Å². The van der Waals surface area contributed by atoms with Gasteiger partial charge in [0.25, 0.3) is 0 Å². The predicted octanol–water partition coefficient (Wildman–Crippen LogP) is 0.932. The van der Waals surface area contributed by atoms with Crippen molar-refractivity contribution >= 4 is 23.7 Å². The number of methoxy groups -OCH3 is 1. The molecule has 0 unspecified atom stereocenters. The van der Waals surface area contributed by atoms with Crippen LogP contribution in [0.4, 0.5) is 11.4 Å². The number of rotatable bonds is 4. The average Bonchev–Trinajstić information content (AvgIpc) is 2.48. The second-order valence-electron chi connectivity index (χ2n) is 4.64. The topological polar surface area (TPSA) is 61.9 Å². The molecule has 1 fully saturated rings. The first kappa shape index (κ1) is 14.2. The summed E-state index contributed by atoms with van der Waals surface area (Å²) in [5.41, 5.74) is 1.68. The Labute approximate surface area is 118 Å². The summed E-state index contributed by atoms with van der Waals surface area (Å²) in [6, 6.07) is 5.66. The van der Waals surface area contributed by atoms with E-state index in [2.05, 4.69) is 10.2 Å². The van der Waals surface area contributed by atoms with Crippen LogP contribution < -0.4 is 15.0 Å². The first-order valence-electron chi connectivity index (χ1n) is 6.54. The Bertz CT molecular complexity index is 496. The van der Waals surface area contributed by atoms with Crippen LogP contribution in [0.3, 0.4) is 0 Å². The van der Waals surface area contributed by atoms with Gasteiger partial charge in [0.1, 0.15) is 5.75 Å². The zero-order chi connectivity index (χ0) is 14.5. The number of carbonyl (C=O) groups is 2. The van der Waals surface area contributed by atoms with Gasteiger partial charge in [-0.2, -0.15) is 0 Å². The highest BCUT2D eigenvalue weighted by Gasteiger charge is 2.19. The first-order valence-corrected chi connectivity index (χ1v) is 6.54. The summed E-state index contributed by atoms with van der Waals surface area (Å²) in [6.07, 6.45) is 0.628. The Balaban J connectivity index is 2.10. The molecule has 20 heavy (non-hydrogen) atoms. The van der Waals surface area contributed by atoms with Crippen LogP contribution >= 0.6 is 0 Å². The number of benzene rings is 1. The molecule has 2 rings (SSSR count). The Hall–Kier alpha value is -2.24. The molecule has 1 aromatic rings. The zero-order valence-corrected chi connectivity index (χ0v) is 11.8. The van der Waals surface area contributed by atoms with Gasteiger partial charge in [0, 0.05) is 44.9 Å². The summed E-state index contributed by atoms with van der Waals surface area (Å²) in [6.45, 7) is 4.64. The highest BCUT2D eigenvalue weighted by Crippen LogP contribution is 2.29. The van der Waals surface area contributed by atoms with Crippen molar-refractivity contribution in [3.63, 3.8) is 0 Å². The standard InChI is InChI=1S/C14H19N3O3/c1-11(19)16-5-7-17(8-6-16)12-3-4-13(15-10-18)14(9-12)20-2/h3-4,9-10H,5-8H2,1-2H3,(H,15,18). The number of hydrogen-bond acceptors (Lipinski definition) is 4. The van der Waals surface area contributed by atoms with Crippen LogP contribution in [0.5, 0.6) is 5.75 Å². The van der Waals surface area contributed by atoms with Crippen LogP contribution in [-0.4, -0.2) is 50.5 Å². The molecule has 2 amide bonds. The summed E-state index contributed by atoms with van der Waals surface area (Å²) in [7, 11) is 1.57. The fourth-order valence-corrected chi connectivity index (χ4v) is 2.34. The van der Waals surface area contributed by atoms with E-state index in [1.54, 1.807) is 14.0 Å². The Morgan fingerprint density at radius 1 is 1.30 bits per heavy atom. The SMILES string of the molecule is COc1cc(N2CCN(C(C)=O)CC2)ccc1NC=O. The van der Waals surface area contributed by atoms with E-state index >= 15 is 0 Å². The Morgan fingerprint density at radius 3 is 2.55 bits per heavy atom. The molecule has 0 radical (unpaired) electrons. The minimum Gasteiger partial charge on any atom is -0.494 e. The van der Waals surface area contributed by atoms with Gasteiger partial charge in [-0.15, -0.1) is 0 Å². The smallest absolute Gasteiger partial charge is 0.219 e. The van der Waals surface area contributed by atoms with Crippen LogP contribution in [0.1, 0.15) is 6.92 Å². The lowest BCUT2D eigenvalue weighted by Crippen LogP contribution is -2.48. The molecule has 1 aromatic carbocycles. The van der Waals surface area contributed by atoms with Crippen molar-refractivity contribution in [2.24, 2.45) is 0 Å². The zero-order valence-electron chi connectivity index (χ0n) is 11.8. The monoisotopic (exact) mass is 277 g/mol. The number of nitrogens with zero attached hydrogens (tertiary/aromatic N) is 2. The van der Waals surface area contributed by atoms with Gasteiger partial charge in [-0.3, -0.25) is 9.59 Å². The maximum absolute atomic E-state index is 11.3. The van der Waals surface area contributed by atoms with Gasteiger partial charge in [0.15, 0.2) is 0 Å². The van der Waals surface area contributed by atoms with E-state index in [9.17, 15) is 9.59 Å². The molecule has 108 valence electrons. The van der Waals surface area contributed by atoms with Crippen molar-refractivity contribution in [3.05, 3.63) is 18.2 Å². The van der Waals surface area contributed by atoms with E-state index in [0.717, 1.165) is 31.9 Å². The molecule has 0 atom stereocenters. The van der Waals surface area contributed by atoms with Gasteiger partial charge in [0.05, 0.1) is 12.8 Å². The summed E-state index contributed by atoms with van der Waals surface area (Å²) in [5, 5.41) is 2.60. The molecule has 0 bridgehead atoms. The van der Waals surface area contributed by atoms with Crippen molar-refractivity contribution in [2.45, 2.75) is 6.92 Å². The summed E-state index contributed by atoms with van der Waals surface area (Å²) in [4.78, 5) is 25.9. The van der Waals surface area contributed by atoms with E-state index < -0.39 is 0 Å². The number of carbonyl (C=O) groups excluding carboxylic acids is 2. The average molecular weight is 277 g/mol.